The van der Waals surface area contributed by atoms with Gasteiger partial charge in [0, 0.05) is 0 Å². The second-order valence-electron chi connectivity index (χ2n) is 6.34. The van der Waals surface area contributed by atoms with Crippen LogP contribution >= 0.6 is 20.5 Å². The van der Waals surface area contributed by atoms with E-state index in [1.807, 2.05) is 12.1 Å². The van der Waals surface area contributed by atoms with Crippen molar-refractivity contribution in [2.75, 3.05) is 0 Å². The first-order valence-corrected chi connectivity index (χ1v) is 17.9. The van der Waals surface area contributed by atoms with E-state index in [9.17, 15) is 0 Å². The summed E-state index contributed by atoms with van der Waals surface area (Å²) in [5.41, 5.74) is 0. The standard InChI is InChI=1S/C6H5ClS.3C6H5.Sn/c7-5-1-3-6(8)4-2-5;3*1-2-4-6-5-3-1;/h1-4,8H;3*1-5H;/q;;;;+1/p-1. The van der Waals surface area contributed by atoms with Crippen LogP contribution in [0, 0.1) is 0 Å². The number of halogens is 1. The molecule has 4 rings (SSSR count). The van der Waals surface area contributed by atoms with Gasteiger partial charge in [0.05, 0.1) is 0 Å². The fourth-order valence-corrected chi connectivity index (χ4v) is 23.0. The molecule has 0 radical (unpaired) electrons. The molecule has 0 amide bonds. The van der Waals surface area contributed by atoms with Crippen LogP contribution in [-0.2, 0) is 0 Å². The van der Waals surface area contributed by atoms with Gasteiger partial charge in [-0.05, 0) is 0 Å². The van der Waals surface area contributed by atoms with Crippen LogP contribution in [0.25, 0.3) is 0 Å². The third-order valence-electron chi connectivity index (χ3n) is 4.63. The molecule has 0 aliphatic heterocycles. The van der Waals surface area contributed by atoms with Crippen LogP contribution in [0.3, 0.4) is 0 Å². The molecule has 132 valence electrons. The molecule has 3 heteroatoms. The third-order valence-corrected chi connectivity index (χ3v) is 24.9. The molecule has 0 saturated heterocycles. The van der Waals surface area contributed by atoms with Crippen LogP contribution in [0.15, 0.2) is 120 Å². The molecule has 4 aromatic rings. The van der Waals surface area contributed by atoms with E-state index in [1.165, 1.54) is 15.6 Å². The van der Waals surface area contributed by atoms with Crippen molar-refractivity contribution in [3.05, 3.63) is 120 Å². The van der Waals surface area contributed by atoms with Gasteiger partial charge in [-0.25, -0.2) is 0 Å². The van der Waals surface area contributed by atoms with E-state index in [1.54, 1.807) is 0 Å². The zero-order valence-corrected chi connectivity index (χ0v) is 19.2. The van der Waals surface area contributed by atoms with Crippen molar-refractivity contribution in [1.82, 2.24) is 0 Å². The Bertz CT molecular complexity index is 890. The predicted molar refractivity (Wildman–Crippen MR) is 121 cm³/mol. The van der Waals surface area contributed by atoms with E-state index in [-0.39, 0.29) is 0 Å². The van der Waals surface area contributed by atoms with E-state index in [2.05, 4.69) is 112 Å². The van der Waals surface area contributed by atoms with Gasteiger partial charge < -0.3 is 0 Å². The second-order valence-corrected chi connectivity index (χ2v) is 22.1. The van der Waals surface area contributed by atoms with Crippen LogP contribution in [0.4, 0.5) is 0 Å². The quantitative estimate of drug-likeness (QED) is 0.349. The molecule has 0 aliphatic rings. The number of benzene rings is 4. The van der Waals surface area contributed by atoms with Gasteiger partial charge in [0.15, 0.2) is 0 Å². The van der Waals surface area contributed by atoms with E-state index in [4.69, 9.17) is 11.6 Å². The molecule has 4 aromatic carbocycles. The van der Waals surface area contributed by atoms with Crippen LogP contribution in [0.2, 0.25) is 5.02 Å². The first-order valence-electron chi connectivity index (χ1n) is 8.90. The zero-order valence-electron chi connectivity index (χ0n) is 14.8. The average Bonchev–Trinajstić information content (AvgIpc) is 2.75. The topological polar surface area (TPSA) is 0 Å². The van der Waals surface area contributed by atoms with Gasteiger partial charge in [0.1, 0.15) is 0 Å². The number of hydrogen-bond acceptors (Lipinski definition) is 1. The Balaban J connectivity index is 1.98. The molecule has 27 heavy (non-hydrogen) atoms. The summed E-state index contributed by atoms with van der Waals surface area (Å²) in [6.45, 7) is 0. The van der Waals surface area contributed by atoms with Crippen LogP contribution in [0.5, 0.6) is 0 Å². The summed E-state index contributed by atoms with van der Waals surface area (Å²) < 4.78 is 4.39. The molecule has 0 spiro atoms. The third kappa shape index (κ3) is 3.96. The molecule has 0 nitrogen and oxygen atoms in total. The minimum atomic E-state index is -3.31. The first-order chi connectivity index (χ1) is 13.3. The summed E-state index contributed by atoms with van der Waals surface area (Å²) in [6.07, 6.45) is 0. The molecule has 0 fully saturated rings. The molecular formula is C24H19ClSSn. The molecular weight excluding hydrogens is 474 g/mol. The number of hydrogen-bond donors (Lipinski definition) is 0. The second kappa shape index (κ2) is 8.55. The van der Waals surface area contributed by atoms with Gasteiger partial charge >= 0.3 is 173 Å². The SMILES string of the molecule is Clc1ccc([S][Sn]([c]2ccccc2)([c]2ccccc2)[c]2ccccc2)cc1. The van der Waals surface area contributed by atoms with Crippen molar-refractivity contribution in [2.24, 2.45) is 0 Å². The van der Waals surface area contributed by atoms with E-state index < -0.39 is 17.0 Å². The Morgan fingerprint density at radius 2 is 0.852 bits per heavy atom. The molecule has 0 aliphatic carbocycles. The van der Waals surface area contributed by atoms with Gasteiger partial charge in [-0.1, -0.05) is 0 Å². The first kappa shape index (κ1) is 18.7. The molecule has 0 aromatic heterocycles. The number of rotatable bonds is 5. The van der Waals surface area contributed by atoms with Gasteiger partial charge in [0.2, 0.25) is 0 Å². The Morgan fingerprint density at radius 1 is 0.481 bits per heavy atom. The van der Waals surface area contributed by atoms with Crippen molar-refractivity contribution in [2.45, 2.75) is 4.90 Å². The molecule has 0 unspecified atom stereocenters. The van der Waals surface area contributed by atoms with Crippen LogP contribution in [-0.4, -0.2) is 17.0 Å². The van der Waals surface area contributed by atoms with Crippen LogP contribution in [0.1, 0.15) is 0 Å². The fourth-order valence-electron chi connectivity index (χ4n) is 3.37. The summed E-state index contributed by atoms with van der Waals surface area (Å²) in [4.78, 5) is 1.27. The summed E-state index contributed by atoms with van der Waals surface area (Å²) in [6, 6.07) is 41.4. The molecule has 0 atom stereocenters. The van der Waals surface area contributed by atoms with Gasteiger partial charge in [0.25, 0.3) is 0 Å². The monoisotopic (exact) mass is 494 g/mol. The summed E-state index contributed by atoms with van der Waals surface area (Å²) >= 11 is 2.83. The Kier molecular flexibility index (Phi) is 5.92. The van der Waals surface area contributed by atoms with E-state index in [0.717, 1.165) is 5.02 Å². The van der Waals surface area contributed by atoms with Crippen molar-refractivity contribution >= 4 is 48.3 Å². The van der Waals surface area contributed by atoms with E-state index >= 15 is 0 Å². The van der Waals surface area contributed by atoms with Gasteiger partial charge in [-0.15, -0.1) is 0 Å². The van der Waals surface area contributed by atoms with Gasteiger partial charge in [-0.3, -0.25) is 0 Å². The summed E-state index contributed by atoms with van der Waals surface area (Å²) in [7, 11) is 2.06. The van der Waals surface area contributed by atoms with Crippen molar-refractivity contribution in [3.8, 4) is 0 Å². The summed E-state index contributed by atoms with van der Waals surface area (Å²) in [5, 5.41) is 0.777. The molecule has 0 bridgehead atoms. The maximum atomic E-state index is 6.14. The fraction of sp³-hybridized carbons (Fsp3) is 0. The Hall–Kier alpha value is -1.68. The normalized spacial score (nSPS) is 11.3. The molecule has 0 saturated carbocycles. The van der Waals surface area contributed by atoms with Crippen molar-refractivity contribution in [3.63, 3.8) is 0 Å². The minimum absolute atomic E-state index is 0.777. The van der Waals surface area contributed by atoms with Gasteiger partial charge in [-0.2, -0.15) is 0 Å². The molecule has 0 N–H and O–H groups in total. The van der Waals surface area contributed by atoms with Crippen molar-refractivity contribution < 1.29 is 0 Å². The predicted octanol–water partition coefficient (Wildman–Crippen LogP) is 5.10. The average molecular weight is 494 g/mol. The van der Waals surface area contributed by atoms with Crippen LogP contribution < -0.4 is 10.7 Å². The molecule has 0 heterocycles. The summed E-state index contributed by atoms with van der Waals surface area (Å²) in [5.74, 6) is 0. The zero-order chi connectivity index (χ0) is 18.5. The Labute approximate surface area is 172 Å². The Morgan fingerprint density at radius 3 is 1.22 bits per heavy atom. The van der Waals surface area contributed by atoms with Crippen molar-refractivity contribution in [1.29, 1.82) is 0 Å². The van der Waals surface area contributed by atoms with E-state index in [0.29, 0.717) is 0 Å². The maximum absolute atomic E-state index is 6.14.